The summed E-state index contributed by atoms with van der Waals surface area (Å²) in [6, 6.07) is 4.88. The van der Waals surface area contributed by atoms with Gasteiger partial charge in [-0.05, 0) is 30.5 Å². The lowest BCUT2D eigenvalue weighted by molar-refractivity contribution is 0.157. The van der Waals surface area contributed by atoms with Crippen LogP contribution in [0.3, 0.4) is 0 Å². The van der Waals surface area contributed by atoms with Crippen molar-refractivity contribution >= 4 is 31.6 Å². The maximum atomic E-state index is 12.5. The summed E-state index contributed by atoms with van der Waals surface area (Å²) < 4.78 is 32.3. The van der Waals surface area contributed by atoms with E-state index in [1.54, 1.807) is 25.3 Å². The third-order valence-electron chi connectivity index (χ3n) is 3.24. The molecule has 5 nitrogen and oxygen atoms in total. The van der Waals surface area contributed by atoms with Crippen molar-refractivity contribution in [3.63, 3.8) is 0 Å². The van der Waals surface area contributed by atoms with Crippen molar-refractivity contribution in [2.45, 2.75) is 11.3 Å². The van der Waals surface area contributed by atoms with E-state index in [2.05, 4.69) is 15.9 Å². The van der Waals surface area contributed by atoms with Crippen LogP contribution in [0.25, 0.3) is 0 Å². The summed E-state index contributed by atoms with van der Waals surface area (Å²) in [6.45, 7) is 1.59. The van der Waals surface area contributed by atoms with Crippen LogP contribution in [-0.2, 0) is 14.8 Å². The number of benzene rings is 1. The smallest absolute Gasteiger partial charge is 0.245 e. The molecule has 0 radical (unpaired) electrons. The number of nitrogens with zero attached hydrogens (tertiary/aromatic N) is 1. The van der Waals surface area contributed by atoms with Gasteiger partial charge in [-0.1, -0.05) is 15.9 Å². The Morgan fingerprint density at radius 2 is 2.26 bits per heavy atom. The van der Waals surface area contributed by atoms with Crippen LogP contribution in [0.5, 0.6) is 0 Å². The fourth-order valence-corrected chi connectivity index (χ4v) is 4.44. The van der Waals surface area contributed by atoms with Crippen LogP contribution in [-0.4, -0.2) is 39.5 Å². The molecule has 1 aliphatic rings. The Bertz CT molecular complexity index is 562. The Kier molecular flexibility index (Phi) is 4.50. The quantitative estimate of drug-likeness (QED) is 0.840. The molecule has 1 unspecified atom stereocenters. The number of hydrogen-bond acceptors (Lipinski definition) is 4. The largest absolute Gasteiger partial charge is 0.398 e. The maximum absolute atomic E-state index is 12.5. The highest BCUT2D eigenvalue weighted by atomic mass is 79.9. The van der Waals surface area contributed by atoms with Crippen LogP contribution in [0.2, 0.25) is 0 Å². The lowest BCUT2D eigenvalue weighted by Gasteiger charge is -2.18. The Hall–Kier alpha value is -0.630. The summed E-state index contributed by atoms with van der Waals surface area (Å²) in [5.74, 6) is 0.258. The molecule has 0 aliphatic carbocycles. The fraction of sp³-hybridized carbons (Fsp3) is 0.500. The monoisotopic (exact) mass is 348 g/mol. The first-order valence-corrected chi connectivity index (χ1v) is 8.22. The average molecular weight is 349 g/mol. The van der Waals surface area contributed by atoms with E-state index in [1.807, 2.05) is 0 Å². The van der Waals surface area contributed by atoms with Gasteiger partial charge >= 0.3 is 0 Å². The second kappa shape index (κ2) is 5.78. The van der Waals surface area contributed by atoms with Crippen molar-refractivity contribution in [2.75, 3.05) is 32.5 Å². The molecule has 1 atom stereocenters. The molecule has 106 valence electrons. The zero-order valence-electron chi connectivity index (χ0n) is 10.7. The fourth-order valence-electron chi connectivity index (χ4n) is 2.26. The SMILES string of the molecule is COCC1CCN(S(=O)(=O)c2cc(Br)ccc2N)C1. The second-order valence-corrected chi connectivity index (χ2v) is 7.48. The van der Waals surface area contributed by atoms with Gasteiger partial charge in [0.1, 0.15) is 4.90 Å². The summed E-state index contributed by atoms with van der Waals surface area (Å²) in [7, 11) is -1.89. The number of ether oxygens (including phenoxy) is 1. The molecule has 0 spiro atoms. The zero-order chi connectivity index (χ0) is 14.0. The van der Waals surface area contributed by atoms with Gasteiger partial charge < -0.3 is 10.5 Å². The Morgan fingerprint density at radius 1 is 1.53 bits per heavy atom. The van der Waals surface area contributed by atoms with E-state index < -0.39 is 10.0 Å². The second-order valence-electron chi connectivity index (χ2n) is 4.66. The molecular formula is C12H17BrN2O3S. The molecule has 1 aromatic carbocycles. The Labute approximate surface area is 121 Å². The number of sulfonamides is 1. The van der Waals surface area contributed by atoms with Crippen LogP contribution >= 0.6 is 15.9 Å². The molecular weight excluding hydrogens is 332 g/mol. The number of nitrogens with two attached hydrogens (primary N) is 1. The van der Waals surface area contributed by atoms with Crippen LogP contribution in [0.4, 0.5) is 5.69 Å². The number of anilines is 1. The van der Waals surface area contributed by atoms with Gasteiger partial charge in [-0.25, -0.2) is 8.42 Å². The predicted octanol–water partition coefficient (Wildman–Crippen LogP) is 1.69. The van der Waals surface area contributed by atoms with Gasteiger partial charge in [0.25, 0.3) is 0 Å². The van der Waals surface area contributed by atoms with Crippen molar-refractivity contribution in [2.24, 2.45) is 5.92 Å². The van der Waals surface area contributed by atoms with Crippen molar-refractivity contribution in [1.29, 1.82) is 0 Å². The highest BCUT2D eigenvalue weighted by Crippen LogP contribution is 2.29. The van der Waals surface area contributed by atoms with Crippen LogP contribution in [0.1, 0.15) is 6.42 Å². The highest BCUT2D eigenvalue weighted by molar-refractivity contribution is 9.10. The van der Waals surface area contributed by atoms with E-state index in [0.717, 1.165) is 6.42 Å². The third-order valence-corrected chi connectivity index (χ3v) is 5.66. The first-order valence-electron chi connectivity index (χ1n) is 5.99. The summed E-state index contributed by atoms with van der Waals surface area (Å²) >= 11 is 3.28. The minimum atomic E-state index is -3.52. The Balaban J connectivity index is 2.26. The summed E-state index contributed by atoms with van der Waals surface area (Å²) in [6.07, 6.45) is 0.820. The minimum absolute atomic E-state index is 0.167. The maximum Gasteiger partial charge on any atom is 0.245 e. The van der Waals surface area contributed by atoms with Crippen LogP contribution in [0, 0.1) is 5.92 Å². The molecule has 1 fully saturated rings. The lowest BCUT2D eigenvalue weighted by atomic mass is 10.1. The molecule has 19 heavy (non-hydrogen) atoms. The van der Waals surface area contributed by atoms with Crippen molar-refractivity contribution in [3.8, 4) is 0 Å². The standard InChI is InChI=1S/C12H17BrN2O3S/c1-18-8-9-4-5-15(7-9)19(16,17)12-6-10(13)2-3-11(12)14/h2-3,6,9H,4-5,7-8,14H2,1H3. The number of nitrogen functional groups attached to an aromatic ring is 1. The third kappa shape index (κ3) is 3.10. The van der Waals surface area contributed by atoms with Crippen LogP contribution < -0.4 is 5.73 Å². The summed E-state index contributed by atoms with van der Waals surface area (Å²) in [5.41, 5.74) is 6.06. The molecule has 1 saturated heterocycles. The summed E-state index contributed by atoms with van der Waals surface area (Å²) in [4.78, 5) is 0.167. The van der Waals surface area contributed by atoms with E-state index in [9.17, 15) is 8.42 Å². The molecule has 0 bridgehead atoms. The zero-order valence-corrected chi connectivity index (χ0v) is 13.1. The van der Waals surface area contributed by atoms with Gasteiger partial charge in [0.05, 0.1) is 12.3 Å². The first-order chi connectivity index (χ1) is 8.95. The minimum Gasteiger partial charge on any atom is -0.398 e. The van der Waals surface area contributed by atoms with Crippen molar-refractivity contribution in [1.82, 2.24) is 4.31 Å². The Morgan fingerprint density at radius 3 is 2.95 bits per heavy atom. The number of halogens is 1. The molecule has 0 amide bonds. The van der Waals surface area contributed by atoms with Gasteiger partial charge in [0, 0.05) is 24.7 Å². The van der Waals surface area contributed by atoms with Gasteiger partial charge in [0.2, 0.25) is 10.0 Å². The molecule has 0 saturated carbocycles. The lowest BCUT2D eigenvalue weighted by Crippen LogP contribution is -2.30. The number of methoxy groups -OCH3 is 1. The van der Waals surface area contributed by atoms with Gasteiger partial charge in [-0.2, -0.15) is 4.31 Å². The number of hydrogen-bond donors (Lipinski definition) is 1. The van der Waals surface area contributed by atoms with E-state index in [4.69, 9.17) is 10.5 Å². The van der Waals surface area contributed by atoms with Gasteiger partial charge in [-0.3, -0.25) is 0 Å². The van der Waals surface area contributed by atoms with Gasteiger partial charge in [-0.15, -0.1) is 0 Å². The normalized spacial score (nSPS) is 20.8. The molecule has 1 aromatic rings. The van der Waals surface area contributed by atoms with E-state index >= 15 is 0 Å². The van der Waals surface area contributed by atoms with E-state index in [1.165, 1.54) is 4.31 Å². The molecule has 1 aliphatic heterocycles. The number of rotatable bonds is 4. The van der Waals surface area contributed by atoms with Gasteiger partial charge in [0.15, 0.2) is 0 Å². The predicted molar refractivity (Wildman–Crippen MR) is 77.3 cm³/mol. The molecule has 2 rings (SSSR count). The van der Waals surface area contributed by atoms with E-state index in [-0.39, 0.29) is 16.5 Å². The summed E-state index contributed by atoms with van der Waals surface area (Å²) in [5, 5.41) is 0. The molecule has 1 heterocycles. The first kappa shape index (κ1) is 14.8. The molecule has 2 N–H and O–H groups in total. The highest BCUT2D eigenvalue weighted by Gasteiger charge is 2.33. The van der Waals surface area contributed by atoms with Crippen molar-refractivity contribution in [3.05, 3.63) is 22.7 Å². The molecule has 0 aromatic heterocycles. The van der Waals surface area contributed by atoms with Crippen LogP contribution in [0.15, 0.2) is 27.6 Å². The molecule has 7 heteroatoms. The average Bonchev–Trinajstić information content (AvgIpc) is 2.82. The van der Waals surface area contributed by atoms with E-state index in [0.29, 0.717) is 24.2 Å². The van der Waals surface area contributed by atoms with Crippen molar-refractivity contribution < 1.29 is 13.2 Å². The topological polar surface area (TPSA) is 72.6 Å².